The van der Waals surface area contributed by atoms with Gasteiger partial charge in [-0.15, -0.1) is 0 Å². The third-order valence-corrected chi connectivity index (χ3v) is 4.07. The molecule has 0 saturated carbocycles. The van der Waals surface area contributed by atoms with Crippen molar-refractivity contribution in [2.75, 3.05) is 6.26 Å². The van der Waals surface area contributed by atoms with Crippen molar-refractivity contribution >= 4 is 27.2 Å². The molecule has 0 saturated heterocycles. The maximum absolute atomic E-state index is 12.2. The molecule has 19 heavy (non-hydrogen) atoms. The smallest absolute Gasteiger partial charge is 0.194 e. The molecule has 2 rings (SSSR count). The van der Waals surface area contributed by atoms with Crippen LogP contribution in [-0.2, 0) is 9.84 Å². The Bertz CT molecular complexity index is 722. The Hall–Kier alpha value is -1.65. The molecule has 0 spiro atoms. The number of carbonyl (C=O) groups is 1. The van der Waals surface area contributed by atoms with Crippen molar-refractivity contribution < 1.29 is 13.2 Å². The van der Waals surface area contributed by atoms with E-state index in [2.05, 4.69) is 0 Å². The van der Waals surface area contributed by atoms with Crippen LogP contribution in [0.5, 0.6) is 0 Å². The van der Waals surface area contributed by atoms with Gasteiger partial charge in [0.2, 0.25) is 0 Å². The van der Waals surface area contributed by atoms with Gasteiger partial charge in [0.1, 0.15) is 0 Å². The number of hydrogen-bond donors (Lipinski definition) is 0. The van der Waals surface area contributed by atoms with Gasteiger partial charge in [-0.2, -0.15) is 0 Å². The summed E-state index contributed by atoms with van der Waals surface area (Å²) in [6, 6.07) is 12.8. The minimum atomic E-state index is -3.33. The summed E-state index contributed by atoms with van der Waals surface area (Å²) in [5.74, 6) is -0.231. The third kappa shape index (κ3) is 3.03. The minimum Gasteiger partial charge on any atom is -0.289 e. The van der Waals surface area contributed by atoms with Gasteiger partial charge in [0.25, 0.3) is 0 Å². The molecule has 98 valence electrons. The third-order valence-electron chi connectivity index (χ3n) is 2.65. The quantitative estimate of drug-likeness (QED) is 0.818. The molecule has 0 aliphatic rings. The zero-order valence-electron chi connectivity index (χ0n) is 10.1. The molecule has 0 unspecified atom stereocenters. The summed E-state index contributed by atoms with van der Waals surface area (Å²) in [7, 11) is -3.33. The number of sulfone groups is 1. The van der Waals surface area contributed by atoms with Crippen molar-refractivity contribution in [2.45, 2.75) is 4.90 Å². The molecule has 3 nitrogen and oxygen atoms in total. The normalized spacial score (nSPS) is 11.3. The van der Waals surface area contributed by atoms with E-state index in [1.807, 2.05) is 6.07 Å². The highest BCUT2D eigenvalue weighted by molar-refractivity contribution is 7.90. The zero-order valence-corrected chi connectivity index (χ0v) is 11.7. The molecule has 0 aliphatic heterocycles. The predicted molar refractivity (Wildman–Crippen MR) is 74.4 cm³/mol. The molecule has 0 fully saturated rings. The number of hydrogen-bond acceptors (Lipinski definition) is 3. The standard InChI is InChI=1S/C14H11ClO3S/c1-19(17,18)11-7-8-12(13(15)9-11)14(16)10-5-3-2-4-6-10/h2-9H,1H3. The van der Waals surface area contributed by atoms with Gasteiger partial charge in [-0.3, -0.25) is 4.79 Å². The van der Waals surface area contributed by atoms with Crippen molar-refractivity contribution in [1.29, 1.82) is 0 Å². The van der Waals surface area contributed by atoms with Crippen LogP contribution in [0.4, 0.5) is 0 Å². The average Bonchev–Trinajstić information content (AvgIpc) is 2.38. The molecule has 2 aromatic carbocycles. The first-order valence-corrected chi connectivity index (χ1v) is 7.76. The Morgan fingerprint density at radius 1 is 1.05 bits per heavy atom. The van der Waals surface area contributed by atoms with Gasteiger partial charge < -0.3 is 0 Å². The van der Waals surface area contributed by atoms with Gasteiger partial charge in [0, 0.05) is 17.4 Å². The van der Waals surface area contributed by atoms with Crippen molar-refractivity contribution in [3.63, 3.8) is 0 Å². The number of halogens is 1. The SMILES string of the molecule is CS(=O)(=O)c1ccc(C(=O)c2ccccc2)c(Cl)c1. The van der Waals surface area contributed by atoms with Crippen molar-refractivity contribution in [1.82, 2.24) is 0 Å². The first-order chi connectivity index (χ1) is 8.89. The lowest BCUT2D eigenvalue weighted by Gasteiger charge is -2.05. The maximum Gasteiger partial charge on any atom is 0.194 e. The van der Waals surface area contributed by atoms with Crippen LogP contribution in [0.3, 0.4) is 0 Å². The van der Waals surface area contributed by atoms with E-state index in [9.17, 15) is 13.2 Å². The van der Waals surface area contributed by atoms with Gasteiger partial charge in [-0.25, -0.2) is 8.42 Å². The number of ketones is 1. The second-order valence-electron chi connectivity index (χ2n) is 4.11. The summed E-state index contributed by atoms with van der Waals surface area (Å²) in [5.41, 5.74) is 0.803. The molecule has 0 bridgehead atoms. The fourth-order valence-electron chi connectivity index (χ4n) is 1.66. The molecule has 0 heterocycles. The van der Waals surface area contributed by atoms with E-state index in [4.69, 9.17) is 11.6 Å². The first-order valence-electron chi connectivity index (χ1n) is 5.49. The highest BCUT2D eigenvalue weighted by atomic mass is 35.5. The number of rotatable bonds is 3. The van der Waals surface area contributed by atoms with Crippen LogP contribution in [0.2, 0.25) is 5.02 Å². The van der Waals surface area contributed by atoms with Gasteiger partial charge in [-0.1, -0.05) is 41.9 Å². The monoisotopic (exact) mass is 294 g/mol. The first kappa shape index (κ1) is 13.8. The van der Waals surface area contributed by atoms with Crippen LogP contribution in [0.1, 0.15) is 15.9 Å². The molecular formula is C14H11ClO3S. The molecule has 0 aliphatic carbocycles. The summed E-state index contributed by atoms with van der Waals surface area (Å²) in [4.78, 5) is 12.3. The summed E-state index contributed by atoms with van der Waals surface area (Å²) < 4.78 is 22.8. The Kier molecular flexibility index (Phi) is 3.73. The van der Waals surface area contributed by atoms with Crippen molar-refractivity contribution in [3.05, 3.63) is 64.7 Å². The van der Waals surface area contributed by atoms with Crippen molar-refractivity contribution in [2.24, 2.45) is 0 Å². The summed E-state index contributed by atoms with van der Waals surface area (Å²) in [6.45, 7) is 0. The van der Waals surface area contributed by atoms with Crippen LogP contribution in [-0.4, -0.2) is 20.5 Å². The fourth-order valence-corrected chi connectivity index (χ4v) is 2.63. The van der Waals surface area contributed by atoms with E-state index in [1.165, 1.54) is 18.2 Å². The Morgan fingerprint density at radius 3 is 2.21 bits per heavy atom. The summed E-state index contributed by atoms with van der Waals surface area (Å²) in [6.07, 6.45) is 1.09. The van der Waals surface area contributed by atoms with Crippen LogP contribution >= 0.6 is 11.6 Å². The molecule has 0 radical (unpaired) electrons. The van der Waals surface area contributed by atoms with Gasteiger partial charge >= 0.3 is 0 Å². The highest BCUT2D eigenvalue weighted by Crippen LogP contribution is 2.23. The van der Waals surface area contributed by atoms with Crippen molar-refractivity contribution in [3.8, 4) is 0 Å². The largest absolute Gasteiger partial charge is 0.289 e. The van der Waals surface area contributed by atoms with Gasteiger partial charge in [0.05, 0.1) is 9.92 Å². The molecule has 0 amide bonds. The maximum atomic E-state index is 12.2. The zero-order chi connectivity index (χ0) is 14.0. The minimum absolute atomic E-state index is 0.0992. The topological polar surface area (TPSA) is 51.2 Å². The molecule has 5 heteroatoms. The Labute approximate surface area is 116 Å². The van der Waals surface area contributed by atoms with E-state index in [1.54, 1.807) is 24.3 Å². The molecule has 2 aromatic rings. The lowest BCUT2D eigenvalue weighted by Crippen LogP contribution is -2.04. The van der Waals surface area contributed by atoms with E-state index < -0.39 is 9.84 Å². The van der Waals surface area contributed by atoms with E-state index in [0.717, 1.165) is 6.26 Å². The van der Waals surface area contributed by atoms with Crippen LogP contribution in [0, 0.1) is 0 Å². The molecule has 0 N–H and O–H groups in total. The summed E-state index contributed by atoms with van der Waals surface area (Å²) >= 11 is 5.99. The fraction of sp³-hybridized carbons (Fsp3) is 0.0714. The number of benzene rings is 2. The van der Waals surface area contributed by atoms with E-state index in [0.29, 0.717) is 11.1 Å². The van der Waals surface area contributed by atoms with Crippen LogP contribution in [0.25, 0.3) is 0 Å². The second kappa shape index (κ2) is 5.15. The van der Waals surface area contributed by atoms with Gasteiger partial charge in [-0.05, 0) is 18.2 Å². The molecule has 0 aromatic heterocycles. The Morgan fingerprint density at radius 2 is 1.68 bits per heavy atom. The molecule has 0 atom stereocenters. The molecular weight excluding hydrogens is 284 g/mol. The van der Waals surface area contributed by atoms with E-state index in [-0.39, 0.29) is 15.7 Å². The second-order valence-corrected chi connectivity index (χ2v) is 6.53. The Balaban J connectivity index is 2.46. The predicted octanol–water partition coefficient (Wildman–Crippen LogP) is 2.97. The van der Waals surface area contributed by atoms with Crippen LogP contribution < -0.4 is 0 Å². The van der Waals surface area contributed by atoms with Crippen LogP contribution in [0.15, 0.2) is 53.4 Å². The average molecular weight is 295 g/mol. The lowest BCUT2D eigenvalue weighted by molar-refractivity contribution is 0.103. The highest BCUT2D eigenvalue weighted by Gasteiger charge is 2.15. The number of carbonyl (C=O) groups excluding carboxylic acids is 1. The lowest BCUT2D eigenvalue weighted by atomic mass is 10.0. The van der Waals surface area contributed by atoms with E-state index >= 15 is 0 Å². The summed E-state index contributed by atoms with van der Waals surface area (Å²) in [5, 5.41) is 0.136. The van der Waals surface area contributed by atoms with Gasteiger partial charge in [0.15, 0.2) is 15.6 Å².